The standard InChI is InChI=1S/C16H19N3O2/c1-4-11-5-7-14(13(17)9-11)21-15-8-6-12(10-18-15)16(20)19(2)3/h5-10H,4,17H2,1-3H3. The Morgan fingerprint density at radius 2 is 2.05 bits per heavy atom. The van der Waals surface area contributed by atoms with Crippen LogP contribution < -0.4 is 10.5 Å². The number of pyridine rings is 1. The Morgan fingerprint density at radius 3 is 2.57 bits per heavy atom. The van der Waals surface area contributed by atoms with Crippen molar-refractivity contribution in [2.45, 2.75) is 13.3 Å². The molecule has 1 aromatic carbocycles. The van der Waals surface area contributed by atoms with E-state index in [4.69, 9.17) is 10.5 Å². The van der Waals surface area contributed by atoms with Gasteiger partial charge in [0.15, 0.2) is 5.75 Å². The first-order chi connectivity index (χ1) is 10.0. The summed E-state index contributed by atoms with van der Waals surface area (Å²) in [5, 5.41) is 0. The molecule has 0 saturated heterocycles. The number of nitrogens with zero attached hydrogens (tertiary/aromatic N) is 2. The zero-order chi connectivity index (χ0) is 15.4. The molecule has 0 spiro atoms. The summed E-state index contributed by atoms with van der Waals surface area (Å²) in [5.74, 6) is 0.869. The molecule has 5 nitrogen and oxygen atoms in total. The van der Waals surface area contributed by atoms with Gasteiger partial charge < -0.3 is 15.4 Å². The van der Waals surface area contributed by atoms with Crippen molar-refractivity contribution in [3.05, 3.63) is 47.7 Å². The second kappa shape index (κ2) is 6.26. The molecule has 1 aromatic heterocycles. The van der Waals surface area contributed by atoms with E-state index >= 15 is 0 Å². The summed E-state index contributed by atoms with van der Waals surface area (Å²) in [6.45, 7) is 2.07. The van der Waals surface area contributed by atoms with Crippen molar-refractivity contribution >= 4 is 11.6 Å². The molecule has 5 heteroatoms. The predicted octanol–water partition coefficient (Wildman–Crippen LogP) is 2.72. The number of carbonyl (C=O) groups is 1. The molecule has 21 heavy (non-hydrogen) atoms. The van der Waals surface area contributed by atoms with Crippen LogP contribution in [0.15, 0.2) is 36.5 Å². The summed E-state index contributed by atoms with van der Waals surface area (Å²) < 4.78 is 5.64. The molecule has 0 unspecified atom stereocenters. The quantitative estimate of drug-likeness (QED) is 0.877. The Hall–Kier alpha value is -2.56. The average Bonchev–Trinajstić information content (AvgIpc) is 2.49. The van der Waals surface area contributed by atoms with E-state index in [1.54, 1.807) is 26.2 Å². The van der Waals surface area contributed by atoms with Crippen LogP contribution in [0.4, 0.5) is 5.69 Å². The molecule has 0 bridgehead atoms. The highest BCUT2D eigenvalue weighted by Gasteiger charge is 2.09. The fourth-order valence-electron chi connectivity index (χ4n) is 1.85. The molecule has 1 heterocycles. The number of aryl methyl sites for hydroxylation is 1. The van der Waals surface area contributed by atoms with Gasteiger partial charge >= 0.3 is 0 Å². The molecule has 0 radical (unpaired) electrons. The predicted molar refractivity (Wildman–Crippen MR) is 82.6 cm³/mol. The van der Waals surface area contributed by atoms with E-state index in [0.717, 1.165) is 12.0 Å². The highest BCUT2D eigenvalue weighted by Crippen LogP contribution is 2.27. The SMILES string of the molecule is CCc1ccc(Oc2ccc(C(=O)N(C)C)cn2)c(N)c1. The van der Waals surface area contributed by atoms with Crippen LogP contribution in [0.1, 0.15) is 22.8 Å². The van der Waals surface area contributed by atoms with Crippen LogP contribution in [-0.2, 0) is 6.42 Å². The minimum absolute atomic E-state index is 0.0964. The molecule has 2 aromatic rings. The van der Waals surface area contributed by atoms with Gasteiger partial charge in [0, 0.05) is 26.4 Å². The summed E-state index contributed by atoms with van der Waals surface area (Å²) in [7, 11) is 3.39. The van der Waals surface area contributed by atoms with Crippen molar-refractivity contribution in [3.8, 4) is 11.6 Å². The Labute approximate surface area is 124 Å². The number of amides is 1. The third kappa shape index (κ3) is 3.51. The van der Waals surface area contributed by atoms with Gasteiger partial charge in [0.2, 0.25) is 5.88 Å². The molecule has 1 amide bonds. The topological polar surface area (TPSA) is 68.5 Å². The number of nitrogen functional groups attached to an aromatic ring is 1. The number of hydrogen-bond donors (Lipinski definition) is 1. The Balaban J connectivity index is 2.15. The van der Waals surface area contributed by atoms with Crippen LogP contribution in [0.3, 0.4) is 0 Å². The lowest BCUT2D eigenvalue weighted by atomic mass is 10.1. The van der Waals surface area contributed by atoms with Crippen LogP contribution in [0.2, 0.25) is 0 Å². The first-order valence-electron chi connectivity index (χ1n) is 6.75. The number of aromatic nitrogens is 1. The van der Waals surface area contributed by atoms with Crippen molar-refractivity contribution in [1.82, 2.24) is 9.88 Å². The minimum Gasteiger partial charge on any atom is -0.437 e. The lowest BCUT2D eigenvalue weighted by Gasteiger charge is -2.11. The minimum atomic E-state index is -0.0964. The van der Waals surface area contributed by atoms with Crippen LogP contribution in [0.25, 0.3) is 0 Å². The molecule has 0 aliphatic rings. The van der Waals surface area contributed by atoms with Crippen LogP contribution >= 0.6 is 0 Å². The molecule has 0 atom stereocenters. The van der Waals surface area contributed by atoms with Gasteiger partial charge in [0.1, 0.15) is 0 Å². The molecule has 0 fully saturated rings. The van der Waals surface area contributed by atoms with Gasteiger partial charge in [-0.3, -0.25) is 4.79 Å². The molecular formula is C16H19N3O2. The summed E-state index contributed by atoms with van der Waals surface area (Å²) in [4.78, 5) is 17.4. The third-order valence-corrected chi connectivity index (χ3v) is 3.09. The van der Waals surface area contributed by atoms with Gasteiger partial charge in [0.25, 0.3) is 5.91 Å². The van der Waals surface area contributed by atoms with Crippen molar-refractivity contribution in [2.75, 3.05) is 19.8 Å². The first-order valence-corrected chi connectivity index (χ1v) is 6.75. The van der Waals surface area contributed by atoms with Gasteiger partial charge in [-0.1, -0.05) is 13.0 Å². The van der Waals surface area contributed by atoms with Gasteiger partial charge in [-0.15, -0.1) is 0 Å². The third-order valence-electron chi connectivity index (χ3n) is 3.09. The zero-order valence-electron chi connectivity index (χ0n) is 12.5. The molecule has 0 aliphatic heterocycles. The number of ether oxygens (including phenoxy) is 1. The van der Waals surface area contributed by atoms with Crippen molar-refractivity contribution in [1.29, 1.82) is 0 Å². The molecule has 2 N–H and O–H groups in total. The fraction of sp³-hybridized carbons (Fsp3) is 0.250. The maximum atomic E-state index is 11.8. The van der Waals surface area contributed by atoms with E-state index in [0.29, 0.717) is 22.9 Å². The molecule has 0 aliphatic carbocycles. The van der Waals surface area contributed by atoms with E-state index < -0.39 is 0 Å². The maximum Gasteiger partial charge on any atom is 0.254 e. The number of rotatable bonds is 4. The van der Waals surface area contributed by atoms with Crippen molar-refractivity contribution in [3.63, 3.8) is 0 Å². The second-order valence-corrected chi connectivity index (χ2v) is 4.91. The number of carbonyl (C=O) groups excluding carboxylic acids is 1. The van der Waals surface area contributed by atoms with Gasteiger partial charge in [-0.25, -0.2) is 4.98 Å². The Kier molecular flexibility index (Phi) is 4.42. The number of nitrogens with two attached hydrogens (primary N) is 1. The van der Waals surface area contributed by atoms with E-state index in [2.05, 4.69) is 11.9 Å². The normalized spacial score (nSPS) is 10.2. The molecule has 0 saturated carbocycles. The second-order valence-electron chi connectivity index (χ2n) is 4.91. The van der Waals surface area contributed by atoms with Crippen molar-refractivity contribution in [2.24, 2.45) is 0 Å². The first kappa shape index (κ1) is 14.8. The van der Waals surface area contributed by atoms with Gasteiger partial charge in [-0.05, 0) is 30.2 Å². The van der Waals surface area contributed by atoms with E-state index in [1.807, 2.05) is 18.2 Å². The lowest BCUT2D eigenvalue weighted by molar-refractivity contribution is 0.0827. The summed E-state index contributed by atoms with van der Waals surface area (Å²) in [6, 6.07) is 9.02. The summed E-state index contributed by atoms with van der Waals surface area (Å²) in [5.41, 5.74) is 8.19. The number of anilines is 1. The Bertz CT molecular complexity index is 636. The summed E-state index contributed by atoms with van der Waals surface area (Å²) >= 11 is 0. The molecular weight excluding hydrogens is 266 g/mol. The van der Waals surface area contributed by atoms with Gasteiger partial charge in [-0.2, -0.15) is 0 Å². The van der Waals surface area contributed by atoms with Gasteiger partial charge in [0.05, 0.1) is 11.3 Å². The monoisotopic (exact) mass is 285 g/mol. The van der Waals surface area contributed by atoms with Crippen LogP contribution in [-0.4, -0.2) is 29.9 Å². The molecule has 2 rings (SSSR count). The summed E-state index contributed by atoms with van der Waals surface area (Å²) in [6.07, 6.45) is 2.42. The molecule has 110 valence electrons. The highest BCUT2D eigenvalue weighted by molar-refractivity contribution is 5.93. The van der Waals surface area contributed by atoms with Crippen molar-refractivity contribution < 1.29 is 9.53 Å². The van der Waals surface area contributed by atoms with Crippen LogP contribution in [0.5, 0.6) is 11.6 Å². The maximum absolute atomic E-state index is 11.8. The van der Waals surface area contributed by atoms with E-state index in [1.165, 1.54) is 11.1 Å². The largest absolute Gasteiger partial charge is 0.437 e. The number of hydrogen-bond acceptors (Lipinski definition) is 4. The van der Waals surface area contributed by atoms with E-state index in [-0.39, 0.29) is 5.91 Å². The van der Waals surface area contributed by atoms with Crippen LogP contribution in [0, 0.1) is 0 Å². The van der Waals surface area contributed by atoms with E-state index in [9.17, 15) is 4.79 Å². The average molecular weight is 285 g/mol. The zero-order valence-corrected chi connectivity index (χ0v) is 12.5. The highest BCUT2D eigenvalue weighted by atomic mass is 16.5. The number of benzene rings is 1. The smallest absolute Gasteiger partial charge is 0.254 e. The Morgan fingerprint density at radius 1 is 1.29 bits per heavy atom. The fourth-order valence-corrected chi connectivity index (χ4v) is 1.85. The lowest BCUT2D eigenvalue weighted by Crippen LogP contribution is -2.21.